The molecule has 1 saturated heterocycles. The molecule has 0 bridgehead atoms. The molecule has 1 amide bonds. The van der Waals surface area contributed by atoms with Gasteiger partial charge in [-0.3, -0.25) is 4.79 Å². The Kier molecular flexibility index (Phi) is 4.70. The summed E-state index contributed by atoms with van der Waals surface area (Å²) in [7, 11) is 0. The van der Waals surface area contributed by atoms with Gasteiger partial charge in [-0.25, -0.2) is 0 Å². The molecule has 5 heteroatoms. The van der Waals surface area contributed by atoms with Crippen molar-refractivity contribution in [2.75, 3.05) is 19.8 Å². The Hall–Kier alpha value is -0.650. The zero-order valence-electron chi connectivity index (χ0n) is 10.0. The van der Waals surface area contributed by atoms with Crippen molar-refractivity contribution in [3.63, 3.8) is 0 Å². The Morgan fingerprint density at radius 3 is 2.75 bits per heavy atom. The van der Waals surface area contributed by atoms with Crippen LogP contribution in [0.2, 0.25) is 0 Å². The third kappa shape index (κ3) is 3.17. The molecule has 3 atom stereocenters. The Morgan fingerprint density at radius 1 is 1.62 bits per heavy atom. The lowest BCUT2D eigenvalue weighted by atomic mass is 9.93. The van der Waals surface area contributed by atoms with Crippen LogP contribution in [-0.2, 0) is 9.53 Å². The molecule has 0 radical (unpaired) electrons. The van der Waals surface area contributed by atoms with Gasteiger partial charge in [0.1, 0.15) is 0 Å². The predicted octanol–water partition coefficient (Wildman–Crippen LogP) is -0.373. The van der Waals surface area contributed by atoms with Gasteiger partial charge in [0.25, 0.3) is 0 Å². The van der Waals surface area contributed by atoms with Crippen LogP contribution in [0.15, 0.2) is 0 Å². The predicted molar refractivity (Wildman–Crippen MR) is 60.8 cm³/mol. The SMILES string of the molecule is CCC(C)(CCO)NC(=O)C1COCC1N. The number of rotatable bonds is 5. The minimum Gasteiger partial charge on any atom is -0.396 e. The fourth-order valence-electron chi connectivity index (χ4n) is 1.81. The molecule has 1 heterocycles. The first-order chi connectivity index (χ1) is 7.52. The maximum Gasteiger partial charge on any atom is 0.227 e. The molecular formula is C11H22N2O3. The van der Waals surface area contributed by atoms with Crippen LogP contribution in [0.4, 0.5) is 0 Å². The number of hydrogen-bond donors (Lipinski definition) is 3. The zero-order valence-corrected chi connectivity index (χ0v) is 10.0. The maximum absolute atomic E-state index is 12.0. The van der Waals surface area contributed by atoms with E-state index in [-0.39, 0.29) is 30.0 Å². The van der Waals surface area contributed by atoms with E-state index < -0.39 is 0 Å². The highest BCUT2D eigenvalue weighted by Crippen LogP contribution is 2.17. The van der Waals surface area contributed by atoms with E-state index in [1.54, 1.807) is 0 Å². The van der Waals surface area contributed by atoms with E-state index in [0.717, 1.165) is 6.42 Å². The summed E-state index contributed by atoms with van der Waals surface area (Å²) in [6, 6.07) is -0.213. The number of aliphatic hydroxyl groups excluding tert-OH is 1. The second-order valence-corrected chi connectivity index (χ2v) is 4.68. The second-order valence-electron chi connectivity index (χ2n) is 4.68. The van der Waals surface area contributed by atoms with Crippen LogP contribution in [-0.4, -0.2) is 42.4 Å². The summed E-state index contributed by atoms with van der Waals surface area (Å²) in [5, 5.41) is 11.9. The van der Waals surface area contributed by atoms with Crippen LogP contribution in [0.5, 0.6) is 0 Å². The molecular weight excluding hydrogens is 208 g/mol. The summed E-state index contributed by atoms with van der Waals surface area (Å²) >= 11 is 0. The van der Waals surface area contributed by atoms with Crippen molar-refractivity contribution in [3.05, 3.63) is 0 Å². The van der Waals surface area contributed by atoms with Crippen molar-refractivity contribution in [1.29, 1.82) is 0 Å². The summed E-state index contributed by atoms with van der Waals surface area (Å²) in [5.41, 5.74) is 5.43. The Bertz CT molecular complexity index is 247. The maximum atomic E-state index is 12.0. The quantitative estimate of drug-likeness (QED) is 0.601. The largest absolute Gasteiger partial charge is 0.396 e. The number of carbonyl (C=O) groups excluding carboxylic acids is 1. The molecule has 94 valence electrons. The van der Waals surface area contributed by atoms with Gasteiger partial charge in [0.05, 0.1) is 19.1 Å². The van der Waals surface area contributed by atoms with Crippen LogP contribution in [0.1, 0.15) is 26.7 Å². The van der Waals surface area contributed by atoms with E-state index in [2.05, 4.69) is 5.32 Å². The first-order valence-electron chi connectivity index (χ1n) is 5.78. The number of hydrogen-bond acceptors (Lipinski definition) is 4. The van der Waals surface area contributed by atoms with Crippen LogP contribution >= 0.6 is 0 Å². The van der Waals surface area contributed by atoms with Crippen molar-refractivity contribution >= 4 is 5.91 Å². The molecule has 1 fully saturated rings. The van der Waals surface area contributed by atoms with Crippen LogP contribution in [0.25, 0.3) is 0 Å². The third-order valence-electron chi connectivity index (χ3n) is 3.33. The molecule has 4 N–H and O–H groups in total. The summed E-state index contributed by atoms with van der Waals surface area (Å²) in [4.78, 5) is 12.0. The lowest BCUT2D eigenvalue weighted by Crippen LogP contribution is -2.51. The molecule has 0 aromatic rings. The monoisotopic (exact) mass is 230 g/mol. The zero-order chi connectivity index (χ0) is 12.2. The molecule has 0 aromatic heterocycles. The molecule has 5 nitrogen and oxygen atoms in total. The van der Waals surface area contributed by atoms with Crippen molar-refractivity contribution < 1.29 is 14.6 Å². The van der Waals surface area contributed by atoms with Crippen molar-refractivity contribution in [1.82, 2.24) is 5.32 Å². The van der Waals surface area contributed by atoms with Gasteiger partial charge in [0.15, 0.2) is 0 Å². The first-order valence-corrected chi connectivity index (χ1v) is 5.78. The summed E-state index contributed by atoms with van der Waals surface area (Å²) in [6.07, 6.45) is 1.33. The van der Waals surface area contributed by atoms with Gasteiger partial charge in [-0.15, -0.1) is 0 Å². The fraction of sp³-hybridized carbons (Fsp3) is 0.909. The Balaban J connectivity index is 2.54. The molecule has 3 unspecified atom stereocenters. The molecule has 0 aliphatic carbocycles. The van der Waals surface area contributed by atoms with Gasteiger partial charge in [0.2, 0.25) is 5.91 Å². The highest BCUT2D eigenvalue weighted by molar-refractivity contribution is 5.80. The van der Waals surface area contributed by atoms with E-state index in [9.17, 15) is 4.79 Å². The normalized spacial score (nSPS) is 28.8. The lowest BCUT2D eigenvalue weighted by molar-refractivity contribution is -0.127. The topological polar surface area (TPSA) is 84.6 Å². The van der Waals surface area contributed by atoms with Gasteiger partial charge in [-0.2, -0.15) is 0 Å². The number of nitrogens with one attached hydrogen (secondary N) is 1. The highest BCUT2D eigenvalue weighted by Gasteiger charge is 2.34. The average Bonchev–Trinajstić information content (AvgIpc) is 2.65. The van der Waals surface area contributed by atoms with Gasteiger partial charge in [-0.05, 0) is 19.8 Å². The number of carbonyl (C=O) groups is 1. The minimum atomic E-state index is -0.353. The standard InChI is InChI=1S/C11H22N2O3/c1-3-11(2,4-5-14)13-10(15)8-6-16-7-9(8)12/h8-9,14H,3-7,12H2,1-2H3,(H,13,15). The minimum absolute atomic E-state index is 0.0669. The van der Waals surface area contributed by atoms with E-state index in [1.165, 1.54) is 0 Å². The molecule has 0 aromatic carbocycles. The van der Waals surface area contributed by atoms with Crippen LogP contribution < -0.4 is 11.1 Å². The van der Waals surface area contributed by atoms with Crippen molar-refractivity contribution in [2.45, 2.75) is 38.3 Å². The molecule has 0 saturated carbocycles. The number of ether oxygens (including phenoxy) is 1. The van der Waals surface area contributed by atoms with Crippen LogP contribution in [0.3, 0.4) is 0 Å². The van der Waals surface area contributed by atoms with E-state index in [4.69, 9.17) is 15.6 Å². The number of aliphatic hydroxyl groups is 1. The number of nitrogens with two attached hydrogens (primary N) is 1. The molecule has 0 spiro atoms. The summed E-state index contributed by atoms with van der Waals surface area (Å²) in [6.45, 7) is 4.83. The highest BCUT2D eigenvalue weighted by atomic mass is 16.5. The molecule has 1 aliphatic rings. The van der Waals surface area contributed by atoms with Crippen molar-refractivity contribution in [3.8, 4) is 0 Å². The van der Waals surface area contributed by atoms with E-state index in [0.29, 0.717) is 19.6 Å². The van der Waals surface area contributed by atoms with Crippen LogP contribution in [0, 0.1) is 5.92 Å². The van der Waals surface area contributed by atoms with Crippen molar-refractivity contribution in [2.24, 2.45) is 11.7 Å². The van der Waals surface area contributed by atoms with E-state index in [1.807, 2.05) is 13.8 Å². The third-order valence-corrected chi connectivity index (χ3v) is 3.33. The molecule has 16 heavy (non-hydrogen) atoms. The van der Waals surface area contributed by atoms with Gasteiger partial charge in [-0.1, -0.05) is 6.92 Å². The number of amides is 1. The summed E-state index contributed by atoms with van der Waals surface area (Å²) < 4.78 is 5.16. The lowest BCUT2D eigenvalue weighted by Gasteiger charge is -2.30. The Labute approximate surface area is 96.3 Å². The molecule has 1 aliphatic heterocycles. The van der Waals surface area contributed by atoms with Gasteiger partial charge in [0, 0.05) is 18.2 Å². The Morgan fingerprint density at radius 2 is 2.31 bits per heavy atom. The molecule has 1 rings (SSSR count). The smallest absolute Gasteiger partial charge is 0.227 e. The second kappa shape index (κ2) is 5.61. The summed E-state index contributed by atoms with van der Waals surface area (Å²) in [5.74, 6) is -0.327. The average molecular weight is 230 g/mol. The first kappa shape index (κ1) is 13.4. The van der Waals surface area contributed by atoms with Gasteiger partial charge >= 0.3 is 0 Å². The van der Waals surface area contributed by atoms with E-state index >= 15 is 0 Å². The van der Waals surface area contributed by atoms with Gasteiger partial charge < -0.3 is 20.9 Å². The fourth-order valence-corrected chi connectivity index (χ4v) is 1.81.